The second-order valence-corrected chi connectivity index (χ2v) is 10.9. The molecule has 0 spiro atoms. The minimum atomic E-state index is -1.05. The molecule has 7 nitrogen and oxygen atoms in total. The number of hydrogen-bond acceptors (Lipinski definition) is 6. The Hall–Kier alpha value is -3.49. The number of hydrogen-bond donors (Lipinski definition) is 1. The number of carbonyl (C=O) groups excluding carboxylic acids is 2. The van der Waals surface area contributed by atoms with E-state index in [1.807, 2.05) is 56.5 Å². The van der Waals surface area contributed by atoms with E-state index in [1.54, 1.807) is 40.9 Å². The lowest BCUT2D eigenvalue weighted by molar-refractivity contribution is -0.144. The Labute approximate surface area is 237 Å². The third kappa shape index (κ3) is 6.57. The van der Waals surface area contributed by atoms with Crippen LogP contribution in [0.2, 0.25) is 5.02 Å². The Bertz CT molecular complexity index is 1370. The molecular weight excluding hydrogens is 538 g/mol. The first-order valence-electron chi connectivity index (χ1n) is 12.5. The van der Waals surface area contributed by atoms with Crippen LogP contribution in [0.25, 0.3) is 0 Å². The first kappa shape index (κ1) is 28.5. The summed E-state index contributed by atoms with van der Waals surface area (Å²) in [6.07, 6.45) is 0.414. The number of halogens is 1. The number of amides is 1. The number of carboxylic acid groups (broad SMARTS) is 1. The van der Waals surface area contributed by atoms with E-state index in [-0.39, 0.29) is 24.8 Å². The van der Waals surface area contributed by atoms with Crippen molar-refractivity contribution in [1.82, 2.24) is 4.90 Å². The maximum Gasteiger partial charge on any atom is 0.415 e. The van der Waals surface area contributed by atoms with E-state index in [0.29, 0.717) is 22.1 Å². The van der Waals surface area contributed by atoms with Crippen LogP contribution in [0.4, 0.5) is 4.79 Å². The topological polar surface area (TPSA) is 93.1 Å². The van der Waals surface area contributed by atoms with Crippen LogP contribution in [0.15, 0.2) is 65.6 Å². The molecule has 39 heavy (non-hydrogen) atoms. The van der Waals surface area contributed by atoms with Gasteiger partial charge in [0.2, 0.25) is 0 Å². The molecular formula is C30H30ClNO6S. The lowest BCUT2D eigenvalue weighted by Crippen LogP contribution is -2.32. The van der Waals surface area contributed by atoms with Gasteiger partial charge in [-0.05, 0) is 74.0 Å². The number of benzene rings is 3. The maximum atomic E-state index is 13.8. The first-order valence-corrected chi connectivity index (χ1v) is 14.1. The van der Waals surface area contributed by atoms with Gasteiger partial charge in [-0.15, -0.1) is 11.8 Å². The van der Waals surface area contributed by atoms with E-state index in [0.717, 1.165) is 21.6 Å². The van der Waals surface area contributed by atoms with Crippen molar-refractivity contribution in [2.45, 2.75) is 37.7 Å². The van der Waals surface area contributed by atoms with Crippen molar-refractivity contribution >= 4 is 41.2 Å². The lowest BCUT2D eigenvalue weighted by atomic mass is 9.82. The number of carbonyl (C=O) groups is 3. The Morgan fingerprint density at radius 3 is 2.28 bits per heavy atom. The predicted octanol–water partition coefficient (Wildman–Crippen LogP) is 6.63. The van der Waals surface area contributed by atoms with Gasteiger partial charge in [-0.2, -0.15) is 0 Å². The molecule has 1 amide bonds. The molecule has 0 aliphatic carbocycles. The molecule has 1 saturated heterocycles. The van der Waals surface area contributed by atoms with Gasteiger partial charge in [-0.1, -0.05) is 41.9 Å². The molecule has 0 saturated carbocycles. The Morgan fingerprint density at radius 2 is 1.69 bits per heavy atom. The number of Topliss-reactive ketones (excluding diaryl/α,β-unsaturated/α-hetero) is 1. The zero-order chi connectivity index (χ0) is 28.3. The quantitative estimate of drug-likeness (QED) is 0.241. The van der Waals surface area contributed by atoms with Crippen LogP contribution in [0.3, 0.4) is 0 Å². The molecule has 1 N–H and O–H groups in total. The number of rotatable bonds is 8. The second-order valence-electron chi connectivity index (χ2n) is 9.62. The van der Waals surface area contributed by atoms with Crippen molar-refractivity contribution in [1.29, 1.82) is 0 Å². The van der Waals surface area contributed by atoms with Gasteiger partial charge >= 0.3 is 12.1 Å². The van der Waals surface area contributed by atoms with Gasteiger partial charge in [0.05, 0.1) is 0 Å². The van der Waals surface area contributed by atoms with Gasteiger partial charge in [-0.25, -0.2) is 9.59 Å². The summed E-state index contributed by atoms with van der Waals surface area (Å²) in [5, 5.41) is 9.72. The minimum Gasteiger partial charge on any atom is -0.479 e. The van der Waals surface area contributed by atoms with Crippen molar-refractivity contribution in [3.63, 3.8) is 0 Å². The fourth-order valence-electron chi connectivity index (χ4n) is 4.83. The van der Waals surface area contributed by atoms with Gasteiger partial charge in [0.15, 0.2) is 11.9 Å². The van der Waals surface area contributed by atoms with Crippen molar-refractivity contribution in [2.75, 3.05) is 19.3 Å². The molecule has 3 unspecified atom stereocenters. The molecule has 4 rings (SSSR count). The summed E-state index contributed by atoms with van der Waals surface area (Å²) >= 11 is 7.64. The van der Waals surface area contributed by atoms with Gasteiger partial charge in [0.1, 0.15) is 11.5 Å². The van der Waals surface area contributed by atoms with Crippen LogP contribution in [-0.2, 0) is 4.79 Å². The van der Waals surface area contributed by atoms with E-state index in [2.05, 4.69) is 0 Å². The highest BCUT2D eigenvalue weighted by molar-refractivity contribution is 7.98. The van der Waals surface area contributed by atoms with Gasteiger partial charge < -0.3 is 19.5 Å². The van der Waals surface area contributed by atoms with Crippen LogP contribution in [0.1, 0.15) is 39.9 Å². The SMILES string of the molecule is CSc1ccc(C(=O)C2CN(C(=O)Oc3cccc(Cl)c3)CC2c2cc(C)c(OC(C)C(=O)O)c(C)c2)cc1. The summed E-state index contributed by atoms with van der Waals surface area (Å²) in [6.45, 7) is 5.65. The third-order valence-corrected chi connectivity index (χ3v) is 7.82. The molecule has 0 radical (unpaired) electrons. The van der Waals surface area contributed by atoms with Gasteiger partial charge in [0, 0.05) is 40.4 Å². The zero-order valence-corrected chi connectivity index (χ0v) is 23.7. The largest absolute Gasteiger partial charge is 0.479 e. The summed E-state index contributed by atoms with van der Waals surface area (Å²) in [4.78, 5) is 40.8. The molecule has 3 aromatic rings. The summed E-state index contributed by atoms with van der Waals surface area (Å²) in [5.41, 5.74) is 2.97. The number of ether oxygens (including phenoxy) is 2. The molecule has 1 fully saturated rings. The number of ketones is 1. The average molecular weight is 568 g/mol. The number of aliphatic carboxylic acids is 1. The van der Waals surface area contributed by atoms with Crippen molar-refractivity contribution < 1.29 is 29.0 Å². The summed E-state index contributed by atoms with van der Waals surface area (Å²) in [6, 6.07) is 17.9. The lowest BCUT2D eigenvalue weighted by Gasteiger charge is -2.21. The highest BCUT2D eigenvalue weighted by Gasteiger charge is 2.41. The smallest absolute Gasteiger partial charge is 0.415 e. The second kappa shape index (κ2) is 12.1. The minimum absolute atomic E-state index is 0.0548. The number of nitrogens with zero attached hydrogens (tertiary/aromatic N) is 1. The first-order chi connectivity index (χ1) is 18.6. The maximum absolute atomic E-state index is 13.8. The van der Waals surface area contributed by atoms with Crippen LogP contribution in [0.5, 0.6) is 11.5 Å². The number of aryl methyl sites for hydroxylation is 2. The Kier molecular flexibility index (Phi) is 8.87. The number of likely N-dealkylation sites (tertiary alicyclic amines) is 1. The Balaban J connectivity index is 1.65. The van der Waals surface area contributed by atoms with Crippen LogP contribution < -0.4 is 9.47 Å². The molecule has 0 aromatic heterocycles. The summed E-state index contributed by atoms with van der Waals surface area (Å²) in [7, 11) is 0. The van der Waals surface area contributed by atoms with Crippen LogP contribution in [-0.4, -0.2) is 53.3 Å². The molecule has 1 aliphatic heterocycles. The monoisotopic (exact) mass is 567 g/mol. The highest BCUT2D eigenvalue weighted by atomic mass is 35.5. The van der Waals surface area contributed by atoms with E-state index < -0.39 is 24.1 Å². The van der Waals surface area contributed by atoms with Crippen molar-refractivity contribution in [3.05, 3.63) is 87.9 Å². The van der Waals surface area contributed by atoms with E-state index in [1.165, 1.54) is 6.92 Å². The standard InChI is InChI=1S/C30H30ClNO6S/c1-17-12-21(13-18(2)28(17)37-19(3)29(34)35)25-15-32(30(36)38-23-7-5-6-22(31)14-23)16-26(25)27(33)20-8-10-24(39-4)11-9-20/h5-14,19,25-26H,15-16H2,1-4H3,(H,34,35). The van der Waals surface area contributed by atoms with E-state index in [4.69, 9.17) is 21.1 Å². The normalized spacial score (nSPS) is 17.5. The fourth-order valence-corrected chi connectivity index (χ4v) is 5.42. The summed E-state index contributed by atoms with van der Waals surface area (Å²) in [5.74, 6) is -1.08. The number of thioether (sulfide) groups is 1. The Morgan fingerprint density at radius 1 is 1.03 bits per heavy atom. The van der Waals surface area contributed by atoms with Gasteiger partial charge in [0.25, 0.3) is 0 Å². The van der Waals surface area contributed by atoms with Crippen molar-refractivity contribution in [2.24, 2.45) is 5.92 Å². The predicted molar refractivity (Wildman–Crippen MR) is 151 cm³/mol. The summed E-state index contributed by atoms with van der Waals surface area (Å²) < 4.78 is 11.3. The zero-order valence-electron chi connectivity index (χ0n) is 22.1. The van der Waals surface area contributed by atoms with Gasteiger partial charge in [-0.3, -0.25) is 4.79 Å². The molecule has 1 aliphatic rings. The number of carboxylic acids is 1. The highest BCUT2D eigenvalue weighted by Crippen LogP contribution is 2.39. The fraction of sp³-hybridized carbons (Fsp3) is 0.300. The van der Waals surface area contributed by atoms with E-state index in [9.17, 15) is 19.5 Å². The molecule has 204 valence electrons. The molecule has 9 heteroatoms. The van der Waals surface area contributed by atoms with Crippen LogP contribution in [0, 0.1) is 19.8 Å². The third-order valence-electron chi connectivity index (χ3n) is 6.84. The van der Waals surface area contributed by atoms with E-state index >= 15 is 0 Å². The van der Waals surface area contributed by atoms with Crippen molar-refractivity contribution in [3.8, 4) is 11.5 Å². The van der Waals surface area contributed by atoms with Crippen LogP contribution >= 0.6 is 23.4 Å². The molecule has 3 atom stereocenters. The molecule has 3 aromatic carbocycles. The molecule has 0 bridgehead atoms. The average Bonchev–Trinajstić information content (AvgIpc) is 3.36. The molecule has 1 heterocycles.